The Labute approximate surface area is 121 Å². The highest BCUT2D eigenvalue weighted by Crippen LogP contribution is 2.30. The predicted octanol–water partition coefficient (Wildman–Crippen LogP) is 3.58. The van der Waals surface area contributed by atoms with Crippen molar-refractivity contribution in [1.82, 2.24) is 0 Å². The van der Waals surface area contributed by atoms with Crippen LogP contribution in [-0.4, -0.2) is 16.0 Å². The molecule has 21 heavy (non-hydrogen) atoms. The van der Waals surface area contributed by atoms with Crippen LogP contribution in [0.25, 0.3) is 11.0 Å². The first-order chi connectivity index (χ1) is 10.1. The van der Waals surface area contributed by atoms with Crippen molar-refractivity contribution in [3.05, 3.63) is 59.4 Å². The third-order valence-corrected chi connectivity index (χ3v) is 3.51. The van der Waals surface area contributed by atoms with Crippen molar-refractivity contribution in [3.63, 3.8) is 0 Å². The number of aromatic hydroxyl groups is 2. The minimum atomic E-state index is -0.255. The predicted molar refractivity (Wildman–Crippen MR) is 78.8 cm³/mol. The molecule has 2 aromatic carbocycles. The van der Waals surface area contributed by atoms with E-state index < -0.39 is 0 Å². The third kappa shape index (κ3) is 2.36. The number of phenols is 2. The number of furan rings is 1. The topological polar surface area (TPSA) is 70.7 Å². The summed E-state index contributed by atoms with van der Waals surface area (Å²) >= 11 is 0. The van der Waals surface area contributed by atoms with Crippen LogP contribution >= 0.6 is 0 Å². The zero-order valence-electron chi connectivity index (χ0n) is 11.5. The van der Waals surface area contributed by atoms with Crippen molar-refractivity contribution in [2.75, 3.05) is 0 Å². The summed E-state index contributed by atoms with van der Waals surface area (Å²) in [6.45, 7) is 1.56. The van der Waals surface area contributed by atoms with E-state index >= 15 is 0 Å². The first-order valence-corrected chi connectivity index (χ1v) is 6.58. The molecule has 0 aliphatic carbocycles. The molecule has 3 aromatic rings. The van der Waals surface area contributed by atoms with E-state index in [-0.39, 0.29) is 29.3 Å². The van der Waals surface area contributed by atoms with Gasteiger partial charge in [0.05, 0.1) is 12.0 Å². The van der Waals surface area contributed by atoms with Crippen molar-refractivity contribution in [2.24, 2.45) is 0 Å². The van der Waals surface area contributed by atoms with Crippen molar-refractivity contribution in [3.8, 4) is 11.5 Å². The van der Waals surface area contributed by atoms with Crippen molar-refractivity contribution >= 4 is 16.8 Å². The highest BCUT2D eigenvalue weighted by atomic mass is 16.3. The Morgan fingerprint density at radius 3 is 2.67 bits per heavy atom. The number of rotatable bonds is 3. The van der Waals surface area contributed by atoms with Gasteiger partial charge in [-0.3, -0.25) is 4.79 Å². The molecule has 0 atom stereocenters. The molecule has 1 aromatic heterocycles. The van der Waals surface area contributed by atoms with Gasteiger partial charge in [-0.25, -0.2) is 0 Å². The number of hydrogen-bond acceptors (Lipinski definition) is 4. The molecule has 0 bridgehead atoms. The molecule has 0 saturated carbocycles. The number of fused-ring (bicyclic) bond motifs is 1. The van der Waals surface area contributed by atoms with Crippen molar-refractivity contribution < 1.29 is 19.4 Å². The Balaban J connectivity index is 1.91. The van der Waals surface area contributed by atoms with Gasteiger partial charge in [-0.2, -0.15) is 0 Å². The maximum absolute atomic E-state index is 12.3. The Kier molecular flexibility index (Phi) is 3.14. The molecule has 0 fully saturated rings. The Morgan fingerprint density at radius 1 is 1.14 bits per heavy atom. The van der Waals surface area contributed by atoms with Crippen LogP contribution in [-0.2, 0) is 6.42 Å². The van der Waals surface area contributed by atoms with Crippen LogP contribution in [0.5, 0.6) is 11.5 Å². The molecular weight excluding hydrogens is 268 g/mol. The van der Waals surface area contributed by atoms with E-state index in [2.05, 4.69) is 0 Å². The van der Waals surface area contributed by atoms with E-state index in [1.54, 1.807) is 6.92 Å². The van der Waals surface area contributed by atoms with Gasteiger partial charge >= 0.3 is 0 Å². The quantitative estimate of drug-likeness (QED) is 0.720. The van der Waals surface area contributed by atoms with Crippen LogP contribution < -0.4 is 0 Å². The maximum atomic E-state index is 12.3. The van der Waals surface area contributed by atoms with Crippen LogP contribution in [0, 0.1) is 6.92 Å². The number of para-hydroxylation sites is 1. The molecule has 4 nitrogen and oxygen atoms in total. The first kappa shape index (κ1) is 13.2. The van der Waals surface area contributed by atoms with Crippen LogP contribution in [0.4, 0.5) is 0 Å². The number of carbonyl (C=O) groups is 1. The minimum absolute atomic E-state index is 0.0345. The smallest absolute Gasteiger partial charge is 0.174 e. The summed E-state index contributed by atoms with van der Waals surface area (Å²) in [5.74, 6) is 0.0740. The summed E-state index contributed by atoms with van der Waals surface area (Å²) in [6.07, 6.45) is 0.0620. The second-order valence-corrected chi connectivity index (χ2v) is 4.96. The van der Waals surface area contributed by atoms with Gasteiger partial charge in [-0.1, -0.05) is 18.2 Å². The fourth-order valence-electron chi connectivity index (χ4n) is 2.29. The molecule has 3 rings (SSSR count). The highest BCUT2D eigenvalue weighted by molar-refractivity contribution is 6.00. The van der Waals surface area contributed by atoms with E-state index in [0.717, 1.165) is 11.0 Å². The third-order valence-electron chi connectivity index (χ3n) is 3.51. The van der Waals surface area contributed by atoms with E-state index in [1.165, 1.54) is 12.1 Å². The largest absolute Gasteiger partial charge is 0.508 e. The molecule has 0 amide bonds. The Morgan fingerprint density at radius 2 is 1.90 bits per heavy atom. The molecule has 106 valence electrons. The lowest BCUT2D eigenvalue weighted by atomic mass is 10.0. The van der Waals surface area contributed by atoms with Gasteiger partial charge in [0.2, 0.25) is 0 Å². The molecule has 2 N–H and O–H groups in total. The second-order valence-electron chi connectivity index (χ2n) is 4.96. The van der Waals surface area contributed by atoms with E-state index in [4.69, 9.17) is 4.42 Å². The lowest BCUT2D eigenvalue weighted by Crippen LogP contribution is -2.03. The SMILES string of the molecule is Cc1c(O)ccc(C(=O)Cc2cc3ccccc3o2)c1O. The van der Waals surface area contributed by atoms with Gasteiger partial charge in [0, 0.05) is 10.9 Å². The highest BCUT2D eigenvalue weighted by Gasteiger charge is 2.17. The van der Waals surface area contributed by atoms with Gasteiger partial charge in [0.1, 0.15) is 22.8 Å². The maximum Gasteiger partial charge on any atom is 0.174 e. The normalized spacial score (nSPS) is 10.9. The average molecular weight is 282 g/mol. The molecule has 0 saturated heterocycles. The Hall–Kier alpha value is -2.75. The summed E-state index contributed by atoms with van der Waals surface area (Å²) in [5.41, 5.74) is 1.21. The van der Waals surface area contributed by atoms with Crippen molar-refractivity contribution in [2.45, 2.75) is 13.3 Å². The lowest BCUT2D eigenvalue weighted by molar-refractivity contribution is 0.0985. The molecular formula is C17H14O4. The number of benzene rings is 2. The molecule has 0 radical (unpaired) electrons. The number of hydrogen-bond donors (Lipinski definition) is 2. The first-order valence-electron chi connectivity index (χ1n) is 6.58. The zero-order valence-corrected chi connectivity index (χ0v) is 11.5. The van der Waals surface area contributed by atoms with Crippen molar-refractivity contribution in [1.29, 1.82) is 0 Å². The lowest BCUT2D eigenvalue weighted by Gasteiger charge is -2.07. The summed E-state index contributed by atoms with van der Waals surface area (Å²) in [4.78, 5) is 12.3. The van der Waals surface area contributed by atoms with E-state index in [0.29, 0.717) is 11.3 Å². The molecule has 4 heteroatoms. The van der Waals surface area contributed by atoms with Gasteiger partial charge in [0.15, 0.2) is 5.78 Å². The van der Waals surface area contributed by atoms with Gasteiger partial charge in [0.25, 0.3) is 0 Å². The number of carbonyl (C=O) groups excluding carboxylic acids is 1. The number of phenolic OH excluding ortho intramolecular Hbond substituents is 2. The van der Waals surface area contributed by atoms with E-state index in [9.17, 15) is 15.0 Å². The number of ketones is 1. The molecule has 0 aliphatic heterocycles. The second kappa shape index (κ2) is 4.98. The summed E-state index contributed by atoms with van der Waals surface area (Å²) < 4.78 is 5.60. The summed E-state index contributed by atoms with van der Waals surface area (Å²) in [7, 11) is 0. The molecule has 0 unspecified atom stereocenters. The van der Waals surface area contributed by atoms with Gasteiger partial charge < -0.3 is 14.6 Å². The van der Waals surface area contributed by atoms with Crippen LogP contribution in [0.1, 0.15) is 21.7 Å². The fourth-order valence-corrected chi connectivity index (χ4v) is 2.29. The standard InChI is InChI=1S/C17H14O4/c1-10-14(18)7-6-13(17(10)20)15(19)9-12-8-11-4-2-3-5-16(11)21-12/h2-8,18,20H,9H2,1H3. The zero-order chi connectivity index (χ0) is 15.0. The van der Waals surface area contributed by atoms with Crippen LogP contribution in [0.2, 0.25) is 0 Å². The molecule has 0 spiro atoms. The van der Waals surface area contributed by atoms with Gasteiger partial charge in [-0.15, -0.1) is 0 Å². The molecule has 1 heterocycles. The molecule has 0 aliphatic rings. The van der Waals surface area contributed by atoms with Crippen LogP contribution in [0.3, 0.4) is 0 Å². The average Bonchev–Trinajstić information content (AvgIpc) is 2.86. The Bertz CT molecular complexity index is 797. The number of Topliss-reactive ketones (excluding diaryl/α,β-unsaturated/α-hetero) is 1. The minimum Gasteiger partial charge on any atom is -0.508 e. The summed E-state index contributed by atoms with van der Waals surface area (Å²) in [6, 6.07) is 12.2. The monoisotopic (exact) mass is 282 g/mol. The van der Waals surface area contributed by atoms with E-state index in [1.807, 2.05) is 30.3 Å². The van der Waals surface area contributed by atoms with Gasteiger partial charge in [-0.05, 0) is 31.2 Å². The fraction of sp³-hybridized carbons (Fsp3) is 0.118. The summed E-state index contributed by atoms with van der Waals surface area (Å²) in [5, 5.41) is 20.4. The van der Waals surface area contributed by atoms with Crippen LogP contribution in [0.15, 0.2) is 46.9 Å².